The third kappa shape index (κ3) is 4.17. The van der Waals surface area contributed by atoms with Crippen LogP contribution in [0.5, 0.6) is 0 Å². The zero-order chi connectivity index (χ0) is 7.98. The predicted octanol–water partition coefficient (Wildman–Crippen LogP) is 1.58. The fourth-order valence-corrected chi connectivity index (χ4v) is 0.764. The van der Waals surface area contributed by atoms with Crippen molar-refractivity contribution in [2.24, 2.45) is 5.92 Å². The van der Waals surface area contributed by atoms with Crippen LogP contribution in [0, 0.1) is 17.8 Å². The quantitative estimate of drug-likeness (QED) is 0.463. The standard InChI is InChI=1S/C9H14O/c1-4-6-8(3)7-9(10)5-2/h5,8-10H,2,7H2,1,3H3. The fourth-order valence-electron chi connectivity index (χ4n) is 0.764. The van der Waals surface area contributed by atoms with E-state index in [4.69, 9.17) is 5.11 Å². The average Bonchev–Trinajstić information content (AvgIpc) is 1.88. The van der Waals surface area contributed by atoms with Gasteiger partial charge >= 0.3 is 0 Å². The van der Waals surface area contributed by atoms with Gasteiger partial charge in [0.1, 0.15) is 0 Å². The van der Waals surface area contributed by atoms with Crippen LogP contribution in [0.2, 0.25) is 0 Å². The molecule has 0 aliphatic carbocycles. The van der Waals surface area contributed by atoms with Crippen LogP contribution in [0.1, 0.15) is 20.3 Å². The summed E-state index contributed by atoms with van der Waals surface area (Å²) in [6.07, 6.45) is 1.81. The number of aliphatic hydroxyl groups is 1. The Morgan fingerprint density at radius 3 is 2.70 bits per heavy atom. The molecule has 0 fully saturated rings. The second-order valence-electron chi connectivity index (χ2n) is 2.33. The van der Waals surface area contributed by atoms with Crippen molar-refractivity contribution in [2.75, 3.05) is 0 Å². The number of aliphatic hydroxyl groups excluding tert-OH is 1. The molecule has 2 unspecified atom stereocenters. The van der Waals surface area contributed by atoms with Crippen molar-refractivity contribution < 1.29 is 5.11 Å². The fraction of sp³-hybridized carbons (Fsp3) is 0.556. The maximum absolute atomic E-state index is 9.07. The molecule has 0 aromatic heterocycles. The molecule has 0 aromatic carbocycles. The van der Waals surface area contributed by atoms with Crippen molar-refractivity contribution >= 4 is 0 Å². The molecular weight excluding hydrogens is 124 g/mol. The molecule has 0 spiro atoms. The first-order chi connectivity index (χ1) is 4.70. The van der Waals surface area contributed by atoms with E-state index >= 15 is 0 Å². The van der Waals surface area contributed by atoms with E-state index in [2.05, 4.69) is 18.4 Å². The second kappa shape index (κ2) is 5.08. The van der Waals surface area contributed by atoms with E-state index in [9.17, 15) is 0 Å². The van der Waals surface area contributed by atoms with Gasteiger partial charge in [-0.25, -0.2) is 0 Å². The summed E-state index contributed by atoms with van der Waals surface area (Å²) in [4.78, 5) is 0. The molecule has 0 radical (unpaired) electrons. The smallest absolute Gasteiger partial charge is 0.0730 e. The van der Waals surface area contributed by atoms with Crippen molar-refractivity contribution in [2.45, 2.75) is 26.4 Å². The summed E-state index contributed by atoms with van der Waals surface area (Å²) in [7, 11) is 0. The molecule has 1 heteroatoms. The van der Waals surface area contributed by atoms with Gasteiger partial charge in [0.2, 0.25) is 0 Å². The molecule has 0 rings (SSSR count). The van der Waals surface area contributed by atoms with Gasteiger partial charge < -0.3 is 5.11 Å². The lowest BCUT2D eigenvalue weighted by Gasteiger charge is -2.06. The Labute approximate surface area is 62.8 Å². The highest BCUT2D eigenvalue weighted by Gasteiger charge is 2.02. The summed E-state index contributed by atoms with van der Waals surface area (Å²) in [6.45, 7) is 7.27. The third-order valence-corrected chi connectivity index (χ3v) is 1.26. The first-order valence-corrected chi connectivity index (χ1v) is 3.43. The largest absolute Gasteiger partial charge is 0.389 e. The summed E-state index contributed by atoms with van der Waals surface area (Å²) < 4.78 is 0. The molecule has 0 saturated heterocycles. The zero-order valence-electron chi connectivity index (χ0n) is 6.59. The van der Waals surface area contributed by atoms with Crippen molar-refractivity contribution in [3.8, 4) is 11.8 Å². The third-order valence-electron chi connectivity index (χ3n) is 1.26. The van der Waals surface area contributed by atoms with Crippen LogP contribution in [0.25, 0.3) is 0 Å². The van der Waals surface area contributed by atoms with Crippen LogP contribution in [-0.2, 0) is 0 Å². The van der Waals surface area contributed by atoms with E-state index < -0.39 is 6.10 Å². The van der Waals surface area contributed by atoms with Gasteiger partial charge in [-0.2, -0.15) is 0 Å². The monoisotopic (exact) mass is 138 g/mol. The lowest BCUT2D eigenvalue weighted by molar-refractivity contribution is 0.202. The molecule has 0 heterocycles. The van der Waals surface area contributed by atoms with E-state index in [1.807, 2.05) is 6.92 Å². The van der Waals surface area contributed by atoms with Gasteiger partial charge in [0, 0.05) is 5.92 Å². The van der Waals surface area contributed by atoms with Gasteiger partial charge in [-0.1, -0.05) is 13.0 Å². The highest BCUT2D eigenvalue weighted by Crippen LogP contribution is 2.04. The molecule has 1 N–H and O–H groups in total. The van der Waals surface area contributed by atoms with Crippen molar-refractivity contribution in [1.82, 2.24) is 0 Å². The van der Waals surface area contributed by atoms with E-state index in [-0.39, 0.29) is 5.92 Å². The Hall–Kier alpha value is -0.740. The van der Waals surface area contributed by atoms with Crippen LogP contribution in [0.4, 0.5) is 0 Å². The average molecular weight is 138 g/mol. The number of rotatable bonds is 3. The second-order valence-corrected chi connectivity index (χ2v) is 2.33. The van der Waals surface area contributed by atoms with Gasteiger partial charge in [-0.3, -0.25) is 0 Å². The number of hydrogen-bond donors (Lipinski definition) is 1. The van der Waals surface area contributed by atoms with E-state index in [0.29, 0.717) is 6.42 Å². The molecule has 0 saturated carbocycles. The van der Waals surface area contributed by atoms with Crippen molar-refractivity contribution in [3.05, 3.63) is 12.7 Å². The molecular formula is C9H14O. The predicted molar refractivity (Wildman–Crippen MR) is 43.4 cm³/mol. The highest BCUT2D eigenvalue weighted by molar-refractivity contribution is 5.00. The van der Waals surface area contributed by atoms with Crippen LogP contribution >= 0.6 is 0 Å². The lowest BCUT2D eigenvalue weighted by Crippen LogP contribution is -2.06. The first kappa shape index (κ1) is 9.26. The number of hydrogen-bond acceptors (Lipinski definition) is 1. The summed E-state index contributed by atoms with van der Waals surface area (Å²) >= 11 is 0. The topological polar surface area (TPSA) is 20.2 Å². The molecule has 1 nitrogen and oxygen atoms in total. The van der Waals surface area contributed by atoms with Gasteiger partial charge in [0.05, 0.1) is 6.10 Å². The van der Waals surface area contributed by atoms with Crippen LogP contribution in [-0.4, -0.2) is 11.2 Å². The molecule has 0 aromatic rings. The summed E-state index contributed by atoms with van der Waals surface area (Å²) in [5.41, 5.74) is 0. The molecule has 0 aliphatic heterocycles. The van der Waals surface area contributed by atoms with Crippen molar-refractivity contribution in [1.29, 1.82) is 0 Å². The molecule has 10 heavy (non-hydrogen) atoms. The van der Waals surface area contributed by atoms with Crippen molar-refractivity contribution in [3.63, 3.8) is 0 Å². The summed E-state index contributed by atoms with van der Waals surface area (Å²) in [5.74, 6) is 6.02. The molecule has 0 amide bonds. The SMILES string of the molecule is C=CC(O)CC(C)C#CC. The maximum Gasteiger partial charge on any atom is 0.0730 e. The van der Waals surface area contributed by atoms with Gasteiger partial charge in [0.15, 0.2) is 0 Å². The Balaban J connectivity index is 3.63. The van der Waals surface area contributed by atoms with Gasteiger partial charge in [-0.15, -0.1) is 18.4 Å². The summed E-state index contributed by atoms with van der Waals surface area (Å²) in [5, 5.41) is 9.07. The van der Waals surface area contributed by atoms with Gasteiger partial charge in [0.25, 0.3) is 0 Å². The van der Waals surface area contributed by atoms with Crippen LogP contribution < -0.4 is 0 Å². The Bertz CT molecular complexity index is 150. The molecule has 0 bridgehead atoms. The van der Waals surface area contributed by atoms with Gasteiger partial charge in [-0.05, 0) is 13.3 Å². The maximum atomic E-state index is 9.07. The Morgan fingerprint density at radius 2 is 2.30 bits per heavy atom. The Kier molecular flexibility index (Phi) is 4.70. The summed E-state index contributed by atoms with van der Waals surface area (Å²) in [6, 6.07) is 0. The lowest BCUT2D eigenvalue weighted by atomic mass is 10.0. The van der Waals surface area contributed by atoms with E-state index in [1.165, 1.54) is 6.08 Å². The highest BCUT2D eigenvalue weighted by atomic mass is 16.3. The normalized spacial score (nSPS) is 14.7. The first-order valence-electron chi connectivity index (χ1n) is 3.43. The van der Waals surface area contributed by atoms with E-state index in [1.54, 1.807) is 6.92 Å². The molecule has 56 valence electrons. The minimum Gasteiger partial charge on any atom is -0.389 e. The minimum absolute atomic E-state index is 0.262. The Morgan fingerprint density at radius 1 is 1.70 bits per heavy atom. The minimum atomic E-state index is -0.407. The molecule has 0 aliphatic rings. The van der Waals surface area contributed by atoms with Crippen LogP contribution in [0.3, 0.4) is 0 Å². The zero-order valence-corrected chi connectivity index (χ0v) is 6.59. The molecule has 2 atom stereocenters. The van der Waals surface area contributed by atoms with E-state index in [0.717, 1.165) is 0 Å². The van der Waals surface area contributed by atoms with Crippen LogP contribution in [0.15, 0.2) is 12.7 Å².